The number of nitrogens with zero attached hydrogens (tertiary/aromatic N) is 5. The molecule has 1 saturated heterocycles. The maximum Gasteiger partial charge on any atom is 0.410 e. The van der Waals surface area contributed by atoms with Crippen LogP contribution < -0.4 is 5.73 Å². The van der Waals surface area contributed by atoms with Gasteiger partial charge in [0.25, 0.3) is 0 Å². The molecular weight excluding hydrogens is 406 g/mol. The summed E-state index contributed by atoms with van der Waals surface area (Å²) in [6, 6.07) is 7.88. The number of H-pyrrole nitrogens is 1. The zero-order valence-electron chi connectivity index (χ0n) is 18.5. The van der Waals surface area contributed by atoms with E-state index in [1.807, 2.05) is 51.2 Å². The summed E-state index contributed by atoms with van der Waals surface area (Å²) in [5, 5.41) is 5.25. The summed E-state index contributed by atoms with van der Waals surface area (Å²) in [7, 11) is 0. The highest BCUT2D eigenvalue weighted by molar-refractivity contribution is 6.06. The van der Waals surface area contributed by atoms with E-state index < -0.39 is 5.60 Å². The Balaban J connectivity index is 1.41. The molecule has 0 aliphatic carbocycles. The van der Waals surface area contributed by atoms with Crippen LogP contribution in [0.1, 0.15) is 45.4 Å². The monoisotopic (exact) mass is 433 g/mol. The minimum atomic E-state index is -0.491. The standard InChI is InChI=1S/C23H27N7O2/c1-23(2,3)32-22(31)29-11-7-14(8-12-29)21-27-18-16-6-5-15(30-10-4-9-25-30)13-17(16)26-20(24)19(18)28-21/h4-6,9-10,13-14H,7-8,11-12H2,1-3H3,(H2,24,26)(H,27,28). The van der Waals surface area contributed by atoms with Gasteiger partial charge in [0.15, 0.2) is 5.82 Å². The number of carbonyl (C=O) groups excluding carboxylic acids is 1. The maximum absolute atomic E-state index is 12.4. The summed E-state index contributed by atoms with van der Waals surface area (Å²) in [6.45, 7) is 6.92. The summed E-state index contributed by atoms with van der Waals surface area (Å²) in [4.78, 5) is 27.0. The van der Waals surface area contributed by atoms with Crippen molar-refractivity contribution >= 4 is 33.8 Å². The number of fused-ring (bicyclic) bond motifs is 3. The lowest BCUT2D eigenvalue weighted by molar-refractivity contribution is 0.0203. The van der Waals surface area contributed by atoms with Gasteiger partial charge in [-0.05, 0) is 57.9 Å². The molecule has 1 aromatic carbocycles. The van der Waals surface area contributed by atoms with Gasteiger partial charge in [-0.3, -0.25) is 0 Å². The molecule has 1 aliphatic rings. The number of hydrogen-bond donors (Lipinski definition) is 2. The molecule has 9 nitrogen and oxygen atoms in total. The number of amides is 1. The zero-order chi connectivity index (χ0) is 22.5. The van der Waals surface area contributed by atoms with Crippen LogP contribution in [0.15, 0.2) is 36.7 Å². The third-order valence-electron chi connectivity index (χ3n) is 5.76. The minimum absolute atomic E-state index is 0.221. The van der Waals surface area contributed by atoms with Crippen molar-refractivity contribution in [2.45, 2.75) is 45.1 Å². The predicted molar refractivity (Wildman–Crippen MR) is 123 cm³/mol. The lowest BCUT2D eigenvalue weighted by Crippen LogP contribution is -2.41. The molecule has 3 aromatic heterocycles. The SMILES string of the molecule is CC(C)(C)OC(=O)N1CCC(c2nc3c(N)nc4cc(-n5cccn5)ccc4c3[nH]2)CC1. The number of aromatic amines is 1. The maximum atomic E-state index is 12.4. The minimum Gasteiger partial charge on any atom is -0.444 e. The average molecular weight is 434 g/mol. The van der Waals surface area contributed by atoms with Crippen LogP contribution in [0.5, 0.6) is 0 Å². The number of rotatable bonds is 2. The Hall–Kier alpha value is -3.62. The molecule has 0 saturated carbocycles. The summed E-state index contributed by atoms with van der Waals surface area (Å²) >= 11 is 0. The topological polar surface area (TPSA) is 115 Å². The molecule has 166 valence electrons. The van der Waals surface area contributed by atoms with Gasteiger partial charge in [-0.2, -0.15) is 5.10 Å². The number of likely N-dealkylation sites (tertiary alicyclic amines) is 1. The van der Waals surface area contributed by atoms with Crippen LogP contribution in [-0.4, -0.2) is 54.4 Å². The largest absolute Gasteiger partial charge is 0.444 e. The molecule has 4 heterocycles. The highest BCUT2D eigenvalue weighted by Gasteiger charge is 2.29. The van der Waals surface area contributed by atoms with E-state index in [0.717, 1.165) is 40.8 Å². The van der Waals surface area contributed by atoms with Crippen molar-refractivity contribution in [2.24, 2.45) is 0 Å². The van der Waals surface area contributed by atoms with Crippen LogP contribution in [0.4, 0.5) is 10.6 Å². The molecule has 1 fully saturated rings. The number of anilines is 1. The molecule has 32 heavy (non-hydrogen) atoms. The molecule has 0 radical (unpaired) electrons. The molecule has 0 bridgehead atoms. The first-order chi connectivity index (χ1) is 15.3. The molecule has 0 unspecified atom stereocenters. The van der Waals surface area contributed by atoms with E-state index in [0.29, 0.717) is 24.4 Å². The lowest BCUT2D eigenvalue weighted by Gasteiger charge is -2.32. The number of pyridine rings is 1. The molecule has 1 amide bonds. The van der Waals surface area contributed by atoms with Gasteiger partial charge < -0.3 is 20.4 Å². The van der Waals surface area contributed by atoms with Gasteiger partial charge in [-0.15, -0.1) is 0 Å². The quantitative estimate of drug-likeness (QED) is 0.494. The third kappa shape index (κ3) is 3.74. The Morgan fingerprint density at radius 1 is 1.22 bits per heavy atom. The van der Waals surface area contributed by atoms with Crippen molar-refractivity contribution in [3.63, 3.8) is 0 Å². The first-order valence-corrected chi connectivity index (χ1v) is 10.9. The fourth-order valence-electron chi connectivity index (χ4n) is 4.20. The molecule has 0 atom stereocenters. The van der Waals surface area contributed by atoms with Crippen molar-refractivity contribution in [1.82, 2.24) is 29.6 Å². The number of imidazole rings is 1. The van der Waals surface area contributed by atoms with Gasteiger partial charge in [0.1, 0.15) is 16.9 Å². The molecule has 9 heteroatoms. The zero-order valence-corrected chi connectivity index (χ0v) is 18.5. The van der Waals surface area contributed by atoms with Crippen LogP contribution in [0.3, 0.4) is 0 Å². The van der Waals surface area contributed by atoms with Crippen LogP contribution in [0.25, 0.3) is 27.6 Å². The highest BCUT2D eigenvalue weighted by Crippen LogP contribution is 2.32. The molecule has 5 rings (SSSR count). The number of nitrogen functional groups attached to an aromatic ring is 1. The number of ether oxygens (including phenoxy) is 1. The van der Waals surface area contributed by atoms with E-state index in [1.165, 1.54) is 0 Å². The smallest absolute Gasteiger partial charge is 0.410 e. The van der Waals surface area contributed by atoms with Crippen molar-refractivity contribution in [3.05, 3.63) is 42.5 Å². The number of benzene rings is 1. The number of aromatic nitrogens is 5. The first kappa shape index (κ1) is 20.3. The number of hydrogen-bond acceptors (Lipinski definition) is 6. The van der Waals surface area contributed by atoms with E-state index in [2.05, 4.69) is 15.1 Å². The Morgan fingerprint density at radius 2 is 2.00 bits per heavy atom. The van der Waals surface area contributed by atoms with Gasteiger partial charge in [0.05, 0.1) is 16.7 Å². The van der Waals surface area contributed by atoms with Gasteiger partial charge in [0.2, 0.25) is 0 Å². The summed E-state index contributed by atoms with van der Waals surface area (Å²) in [5.41, 5.74) is 9.07. The second kappa shape index (κ2) is 7.51. The summed E-state index contributed by atoms with van der Waals surface area (Å²) < 4.78 is 7.29. The Morgan fingerprint density at radius 3 is 2.69 bits per heavy atom. The normalized spacial score (nSPS) is 15.5. The fraction of sp³-hybridized carbons (Fsp3) is 0.391. The predicted octanol–water partition coefficient (Wildman–Crippen LogP) is 3.99. The second-order valence-corrected chi connectivity index (χ2v) is 9.24. The van der Waals surface area contributed by atoms with E-state index in [1.54, 1.807) is 15.8 Å². The van der Waals surface area contributed by atoms with Crippen molar-refractivity contribution in [1.29, 1.82) is 0 Å². The van der Waals surface area contributed by atoms with Crippen LogP contribution in [0.2, 0.25) is 0 Å². The number of carbonyl (C=O) groups is 1. The van der Waals surface area contributed by atoms with Gasteiger partial charge in [0, 0.05) is 36.8 Å². The van der Waals surface area contributed by atoms with Gasteiger partial charge >= 0.3 is 6.09 Å². The van der Waals surface area contributed by atoms with Crippen molar-refractivity contribution < 1.29 is 9.53 Å². The molecular formula is C23H27N7O2. The first-order valence-electron chi connectivity index (χ1n) is 10.9. The fourth-order valence-corrected chi connectivity index (χ4v) is 4.20. The Labute approximate surface area is 185 Å². The lowest BCUT2D eigenvalue weighted by atomic mass is 9.96. The second-order valence-electron chi connectivity index (χ2n) is 9.24. The molecule has 1 aliphatic heterocycles. The Kier molecular flexibility index (Phi) is 4.76. The Bertz CT molecular complexity index is 1280. The molecule has 0 spiro atoms. The highest BCUT2D eigenvalue weighted by atomic mass is 16.6. The summed E-state index contributed by atoms with van der Waals surface area (Å²) in [5.74, 6) is 1.51. The van der Waals surface area contributed by atoms with Crippen molar-refractivity contribution in [2.75, 3.05) is 18.8 Å². The molecule has 4 aromatic rings. The van der Waals surface area contributed by atoms with Crippen LogP contribution >= 0.6 is 0 Å². The van der Waals surface area contributed by atoms with E-state index >= 15 is 0 Å². The number of piperidine rings is 1. The van der Waals surface area contributed by atoms with E-state index in [4.69, 9.17) is 15.5 Å². The third-order valence-corrected chi connectivity index (χ3v) is 5.76. The van der Waals surface area contributed by atoms with E-state index in [9.17, 15) is 4.79 Å². The van der Waals surface area contributed by atoms with Crippen LogP contribution in [-0.2, 0) is 4.74 Å². The number of nitrogens with one attached hydrogen (secondary N) is 1. The average Bonchev–Trinajstić information content (AvgIpc) is 3.43. The van der Waals surface area contributed by atoms with Crippen molar-refractivity contribution in [3.8, 4) is 5.69 Å². The van der Waals surface area contributed by atoms with E-state index in [-0.39, 0.29) is 12.0 Å². The van der Waals surface area contributed by atoms with Gasteiger partial charge in [-0.25, -0.2) is 19.4 Å². The summed E-state index contributed by atoms with van der Waals surface area (Å²) in [6.07, 6.45) is 5.00. The molecule has 3 N–H and O–H groups in total. The van der Waals surface area contributed by atoms with Crippen LogP contribution in [0, 0.1) is 0 Å². The van der Waals surface area contributed by atoms with Gasteiger partial charge in [-0.1, -0.05) is 0 Å². The number of nitrogens with two attached hydrogens (primary N) is 1.